The molecule has 15 heavy (non-hydrogen) atoms. The summed E-state index contributed by atoms with van der Waals surface area (Å²) in [7, 11) is 1.45. The number of hydrogen-bond donors (Lipinski definition) is 1. The molecule has 0 spiro atoms. The Hall–Kier alpha value is -0.570. The fraction of sp³-hybridized carbons (Fsp3) is 0.917. The molecular formula is C12H23NO2. The standard InChI is InChI=1S/C12H23NO2/c1-9-4-5-12(8-13,10(2)6-9)7-11(14)15-3/h9-10H,4-8,13H2,1-3H3. The van der Waals surface area contributed by atoms with Crippen molar-refractivity contribution in [3.05, 3.63) is 0 Å². The summed E-state index contributed by atoms with van der Waals surface area (Å²) in [5.41, 5.74) is 5.86. The lowest BCUT2D eigenvalue weighted by molar-refractivity contribution is -0.145. The summed E-state index contributed by atoms with van der Waals surface area (Å²) in [5, 5.41) is 0. The highest BCUT2D eigenvalue weighted by atomic mass is 16.5. The molecule has 0 radical (unpaired) electrons. The molecule has 1 aliphatic rings. The first-order chi connectivity index (χ1) is 7.04. The van der Waals surface area contributed by atoms with Gasteiger partial charge in [0.1, 0.15) is 0 Å². The summed E-state index contributed by atoms with van der Waals surface area (Å²) in [4.78, 5) is 11.4. The van der Waals surface area contributed by atoms with Crippen molar-refractivity contribution < 1.29 is 9.53 Å². The average Bonchev–Trinajstić information content (AvgIpc) is 2.22. The van der Waals surface area contributed by atoms with Crippen LogP contribution in [0.2, 0.25) is 0 Å². The third-order valence-corrected chi connectivity index (χ3v) is 4.07. The summed E-state index contributed by atoms with van der Waals surface area (Å²) >= 11 is 0. The fourth-order valence-electron chi connectivity index (χ4n) is 2.75. The molecular weight excluding hydrogens is 190 g/mol. The zero-order valence-corrected chi connectivity index (χ0v) is 10.1. The quantitative estimate of drug-likeness (QED) is 0.729. The van der Waals surface area contributed by atoms with Crippen LogP contribution in [0, 0.1) is 17.3 Å². The van der Waals surface area contributed by atoms with Crippen LogP contribution in [-0.4, -0.2) is 19.6 Å². The van der Waals surface area contributed by atoms with Gasteiger partial charge in [0.15, 0.2) is 0 Å². The van der Waals surface area contributed by atoms with E-state index < -0.39 is 0 Å². The van der Waals surface area contributed by atoms with Crippen molar-refractivity contribution in [1.29, 1.82) is 0 Å². The molecule has 3 nitrogen and oxygen atoms in total. The first-order valence-corrected chi connectivity index (χ1v) is 5.81. The second-order valence-electron chi connectivity index (χ2n) is 5.10. The predicted octanol–water partition coefficient (Wildman–Crippen LogP) is 1.95. The molecule has 88 valence electrons. The molecule has 0 saturated heterocycles. The Labute approximate surface area is 92.4 Å². The fourth-order valence-corrected chi connectivity index (χ4v) is 2.75. The van der Waals surface area contributed by atoms with Gasteiger partial charge in [-0.05, 0) is 36.6 Å². The van der Waals surface area contributed by atoms with E-state index in [0.717, 1.165) is 12.3 Å². The predicted molar refractivity (Wildman–Crippen MR) is 60.3 cm³/mol. The lowest BCUT2D eigenvalue weighted by Gasteiger charge is -2.43. The van der Waals surface area contributed by atoms with Crippen molar-refractivity contribution in [3.8, 4) is 0 Å². The number of carbonyl (C=O) groups is 1. The van der Waals surface area contributed by atoms with Crippen LogP contribution in [0.4, 0.5) is 0 Å². The smallest absolute Gasteiger partial charge is 0.306 e. The zero-order valence-electron chi connectivity index (χ0n) is 10.1. The zero-order chi connectivity index (χ0) is 11.5. The van der Waals surface area contributed by atoms with Crippen molar-refractivity contribution in [1.82, 2.24) is 0 Å². The number of nitrogens with two attached hydrogens (primary N) is 1. The molecule has 0 bridgehead atoms. The molecule has 1 fully saturated rings. The Balaban J connectivity index is 2.70. The molecule has 1 aliphatic carbocycles. The van der Waals surface area contributed by atoms with Gasteiger partial charge in [-0.1, -0.05) is 20.3 Å². The number of rotatable bonds is 3. The van der Waals surface area contributed by atoms with Crippen LogP contribution in [0.25, 0.3) is 0 Å². The van der Waals surface area contributed by atoms with E-state index in [0.29, 0.717) is 18.9 Å². The Morgan fingerprint density at radius 1 is 1.53 bits per heavy atom. The third-order valence-electron chi connectivity index (χ3n) is 4.07. The highest BCUT2D eigenvalue weighted by Crippen LogP contribution is 2.45. The van der Waals surface area contributed by atoms with Gasteiger partial charge >= 0.3 is 5.97 Å². The highest BCUT2D eigenvalue weighted by Gasteiger charge is 2.40. The van der Waals surface area contributed by atoms with E-state index in [-0.39, 0.29) is 11.4 Å². The van der Waals surface area contributed by atoms with Gasteiger partial charge in [0.05, 0.1) is 13.5 Å². The number of hydrogen-bond acceptors (Lipinski definition) is 3. The lowest BCUT2D eigenvalue weighted by atomic mass is 9.62. The number of esters is 1. The normalized spacial score (nSPS) is 36.3. The molecule has 3 atom stereocenters. The van der Waals surface area contributed by atoms with E-state index in [2.05, 4.69) is 13.8 Å². The molecule has 0 aromatic rings. The van der Waals surface area contributed by atoms with Crippen molar-refractivity contribution in [3.63, 3.8) is 0 Å². The minimum atomic E-state index is -0.123. The summed E-state index contributed by atoms with van der Waals surface area (Å²) in [6.07, 6.45) is 3.89. The molecule has 1 saturated carbocycles. The van der Waals surface area contributed by atoms with E-state index in [1.54, 1.807) is 0 Å². The van der Waals surface area contributed by atoms with Gasteiger partial charge in [-0.25, -0.2) is 0 Å². The molecule has 3 heteroatoms. The van der Waals surface area contributed by atoms with Crippen LogP contribution in [-0.2, 0) is 9.53 Å². The second-order valence-corrected chi connectivity index (χ2v) is 5.10. The largest absolute Gasteiger partial charge is 0.469 e. The van der Waals surface area contributed by atoms with E-state index in [1.165, 1.54) is 20.0 Å². The molecule has 0 heterocycles. The number of ether oxygens (including phenoxy) is 1. The Morgan fingerprint density at radius 2 is 2.20 bits per heavy atom. The van der Waals surface area contributed by atoms with Crippen LogP contribution in [0.3, 0.4) is 0 Å². The summed E-state index contributed by atoms with van der Waals surface area (Å²) in [6.45, 7) is 5.08. The van der Waals surface area contributed by atoms with Gasteiger partial charge in [-0.3, -0.25) is 4.79 Å². The van der Waals surface area contributed by atoms with Gasteiger partial charge < -0.3 is 10.5 Å². The van der Waals surface area contributed by atoms with E-state index in [4.69, 9.17) is 10.5 Å². The van der Waals surface area contributed by atoms with Crippen LogP contribution in [0.1, 0.15) is 39.5 Å². The second kappa shape index (κ2) is 4.97. The van der Waals surface area contributed by atoms with Crippen LogP contribution in [0.15, 0.2) is 0 Å². The molecule has 0 aromatic carbocycles. The molecule has 0 aliphatic heterocycles. The van der Waals surface area contributed by atoms with E-state index >= 15 is 0 Å². The van der Waals surface area contributed by atoms with Crippen molar-refractivity contribution >= 4 is 5.97 Å². The average molecular weight is 213 g/mol. The maximum Gasteiger partial charge on any atom is 0.306 e. The van der Waals surface area contributed by atoms with E-state index in [9.17, 15) is 4.79 Å². The SMILES string of the molecule is COC(=O)CC1(CN)CCC(C)CC1C. The van der Waals surface area contributed by atoms with Gasteiger partial charge in [0.25, 0.3) is 0 Å². The van der Waals surface area contributed by atoms with Crippen molar-refractivity contribution in [2.75, 3.05) is 13.7 Å². The monoisotopic (exact) mass is 213 g/mol. The summed E-state index contributed by atoms with van der Waals surface area (Å²) < 4.78 is 4.76. The summed E-state index contributed by atoms with van der Waals surface area (Å²) in [6, 6.07) is 0. The third kappa shape index (κ3) is 2.71. The van der Waals surface area contributed by atoms with Gasteiger partial charge in [0.2, 0.25) is 0 Å². The minimum Gasteiger partial charge on any atom is -0.469 e. The topological polar surface area (TPSA) is 52.3 Å². The van der Waals surface area contributed by atoms with E-state index in [1.807, 2.05) is 0 Å². The maximum atomic E-state index is 11.4. The lowest BCUT2D eigenvalue weighted by Crippen LogP contribution is -2.42. The van der Waals surface area contributed by atoms with Gasteiger partial charge in [0, 0.05) is 0 Å². The Morgan fingerprint density at radius 3 is 2.67 bits per heavy atom. The first-order valence-electron chi connectivity index (χ1n) is 5.81. The van der Waals surface area contributed by atoms with Crippen LogP contribution < -0.4 is 5.73 Å². The molecule has 3 unspecified atom stereocenters. The summed E-state index contributed by atoms with van der Waals surface area (Å²) in [5.74, 6) is 1.16. The van der Waals surface area contributed by atoms with Gasteiger partial charge in [-0.15, -0.1) is 0 Å². The highest BCUT2D eigenvalue weighted by molar-refractivity contribution is 5.70. The number of methoxy groups -OCH3 is 1. The van der Waals surface area contributed by atoms with Crippen molar-refractivity contribution in [2.45, 2.75) is 39.5 Å². The molecule has 2 N–H and O–H groups in total. The Kier molecular flexibility index (Phi) is 4.14. The Bertz CT molecular complexity index is 230. The molecule has 1 rings (SSSR count). The molecule has 0 amide bonds. The van der Waals surface area contributed by atoms with Crippen LogP contribution >= 0.6 is 0 Å². The van der Waals surface area contributed by atoms with Crippen molar-refractivity contribution in [2.24, 2.45) is 23.0 Å². The molecule has 0 aromatic heterocycles. The van der Waals surface area contributed by atoms with Crippen LogP contribution in [0.5, 0.6) is 0 Å². The minimum absolute atomic E-state index is 0.0143. The van der Waals surface area contributed by atoms with Gasteiger partial charge in [-0.2, -0.15) is 0 Å². The number of carbonyl (C=O) groups excluding carboxylic acids is 1. The first kappa shape index (κ1) is 12.5. The maximum absolute atomic E-state index is 11.4.